The van der Waals surface area contributed by atoms with E-state index < -0.39 is 0 Å². The van der Waals surface area contributed by atoms with Crippen LogP contribution in [0, 0.1) is 0 Å². The van der Waals surface area contributed by atoms with Crippen LogP contribution in [-0.4, -0.2) is 30.7 Å². The number of hydrogen-bond donors (Lipinski definition) is 2. The van der Waals surface area contributed by atoms with Crippen molar-refractivity contribution in [1.29, 1.82) is 0 Å². The Bertz CT molecular complexity index is 959. The van der Waals surface area contributed by atoms with E-state index in [4.69, 9.17) is 0 Å². The van der Waals surface area contributed by atoms with E-state index in [1.165, 1.54) is 6.20 Å². The zero-order chi connectivity index (χ0) is 15.6. The van der Waals surface area contributed by atoms with Gasteiger partial charge in [0, 0.05) is 17.8 Å². The van der Waals surface area contributed by atoms with E-state index >= 15 is 0 Å². The highest BCUT2D eigenvalue weighted by Gasteiger charge is 2.16. The quantitative estimate of drug-likeness (QED) is 0.608. The van der Waals surface area contributed by atoms with E-state index in [1.54, 1.807) is 23.0 Å². The summed E-state index contributed by atoms with van der Waals surface area (Å²) in [5.41, 5.74) is 2.78. The van der Waals surface area contributed by atoms with Crippen molar-refractivity contribution < 1.29 is 4.79 Å². The SMILES string of the molecule is O=C(Nc1ccn[nH]1)c1cnn2c(-c3ccccc3)ccnc12. The molecule has 4 rings (SSSR count). The first-order valence-corrected chi connectivity index (χ1v) is 7.02. The van der Waals surface area contributed by atoms with Gasteiger partial charge in [-0.25, -0.2) is 9.50 Å². The van der Waals surface area contributed by atoms with Crippen molar-refractivity contribution in [2.24, 2.45) is 0 Å². The van der Waals surface area contributed by atoms with Gasteiger partial charge in [-0.1, -0.05) is 30.3 Å². The van der Waals surface area contributed by atoms with Crippen molar-refractivity contribution in [3.63, 3.8) is 0 Å². The third-order valence-electron chi connectivity index (χ3n) is 3.46. The lowest BCUT2D eigenvalue weighted by molar-refractivity contribution is 0.102. The van der Waals surface area contributed by atoms with Crippen molar-refractivity contribution >= 4 is 17.4 Å². The first kappa shape index (κ1) is 13.2. The number of carbonyl (C=O) groups is 1. The summed E-state index contributed by atoms with van der Waals surface area (Å²) in [6, 6.07) is 13.4. The number of amides is 1. The first-order chi connectivity index (χ1) is 11.3. The topological polar surface area (TPSA) is 88.0 Å². The van der Waals surface area contributed by atoms with Gasteiger partial charge < -0.3 is 5.32 Å². The van der Waals surface area contributed by atoms with Crippen LogP contribution in [0.4, 0.5) is 5.82 Å². The van der Waals surface area contributed by atoms with Gasteiger partial charge in [0.1, 0.15) is 11.4 Å². The summed E-state index contributed by atoms with van der Waals surface area (Å²) in [5.74, 6) is 0.232. The number of nitrogens with zero attached hydrogens (tertiary/aromatic N) is 4. The number of carbonyl (C=O) groups excluding carboxylic acids is 1. The zero-order valence-corrected chi connectivity index (χ0v) is 12.0. The van der Waals surface area contributed by atoms with E-state index in [9.17, 15) is 4.79 Å². The Hall–Kier alpha value is -3.48. The molecule has 0 aliphatic carbocycles. The third kappa shape index (κ3) is 2.34. The monoisotopic (exact) mass is 304 g/mol. The molecule has 7 heteroatoms. The number of anilines is 1. The second kappa shape index (κ2) is 5.38. The lowest BCUT2D eigenvalue weighted by Gasteiger charge is -2.05. The van der Waals surface area contributed by atoms with Gasteiger partial charge in [0.05, 0.1) is 18.1 Å². The Morgan fingerprint density at radius 3 is 2.74 bits per heavy atom. The maximum Gasteiger partial charge on any atom is 0.262 e. The Morgan fingerprint density at radius 1 is 1.09 bits per heavy atom. The summed E-state index contributed by atoms with van der Waals surface area (Å²) in [6.07, 6.45) is 4.75. The van der Waals surface area contributed by atoms with Crippen LogP contribution in [0.15, 0.2) is 61.1 Å². The number of benzene rings is 1. The van der Waals surface area contributed by atoms with Crippen LogP contribution in [0.5, 0.6) is 0 Å². The van der Waals surface area contributed by atoms with E-state index in [-0.39, 0.29) is 5.91 Å². The lowest BCUT2D eigenvalue weighted by Crippen LogP contribution is -2.12. The molecule has 2 N–H and O–H groups in total. The van der Waals surface area contributed by atoms with E-state index in [0.717, 1.165) is 11.3 Å². The van der Waals surface area contributed by atoms with Gasteiger partial charge >= 0.3 is 0 Å². The van der Waals surface area contributed by atoms with Crippen molar-refractivity contribution in [2.75, 3.05) is 5.32 Å². The van der Waals surface area contributed by atoms with Crippen LogP contribution in [0.25, 0.3) is 16.9 Å². The molecule has 0 unspecified atom stereocenters. The predicted molar refractivity (Wildman–Crippen MR) is 85.0 cm³/mol. The zero-order valence-electron chi connectivity index (χ0n) is 12.0. The Morgan fingerprint density at radius 2 is 1.96 bits per heavy atom. The average molecular weight is 304 g/mol. The molecule has 23 heavy (non-hydrogen) atoms. The minimum Gasteiger partial charge on any atom is -0.307 e. The summed E-state index contributed by atoms with van der Waals surface area (Å²) in [7, 11) is 0. The molecular weight excluding hydrogens is 292 g/mol. The van der Waals surface area contributed by atoms with Crippen LogP contribution in [-0.2, 0) is 0 Å². The fourth-order valence-electron chi connectivity index (χ4n) is 2.39. The van der Waals surface area contributed by atoms with Crippen molar-refractivity contribution in [2.45, 2.75) is 0 Å². The fourth-order valence-corrected chi connectivity index (χ4v) is 2.39. The summed E-state index contributed by atoms with van der Waals surface area (Å²) < 4.78 is 1.66. The number of aromatic nitrogens is 5. The molecule has 0 radical (unpaired) electrons. The highest BCUT2D eigenvalue weighted by atomic mass is 16.1. The van der Waals surface area contributed by atoms with Crippen molar-refractivity contribution in [1.82, 2.24) is 24.8 Å². The number of nitrogens with one attached hydrogen (secondary N) is 2. The van der Waals surface area contributed by atoms with Gasteiger partial charge in [-0.05, 0) is 6.07 Å². The van der Waals surface area contributed by atoms with E-state index in [1.807, 2.05) is 36.4 Å². The van der Waals surface area contributed by atoms with Gasteiger partial charge in [0.2, 0.25) is 0 Å². The normalized spacial score (nSPS) is 10.8. The summed E-state index contributed by atoms with van der Waals surface area (Å²) in [5, 5.41) is 13.5. The van der Waals surface area contributed by atoms with Crippen LogP contribution >= 0.6 is 0 Å². The Kier molecular flexibility index (Phi) is 3.09. The van der Waals surface area contributed by atoms with Crippen molar-refractivity contribution in [3.8, 4) is 11.3 Å². The molecule has 1 amide bonds. The fraction of sp³-hybridized carbons (Fsp3) is 0. The number of H-pyrrole nitrogens is 1. The van der Waals surface area contributed by atoms with Gasteiger partial charge in [-0.2, -0.15) is 10.2 Å². The maximum atomic E-state index is 12.4. The molecule has 0 atom stereocenters. The van der Waals surface area contributed by atoms with Gasteiger partial charge in [0.25, 0.3) is 5.91 Å². The van der Waals surface area contributed by atoms with Gasteiger partial charge in [-0.3, -0.25) is 9.89 Å². The standard InChI is InChI=1S/C16H12N6O/c23-16(20-14-7-9-18-21-14)12-10-19-22-13(6-8-17-15(12)22)11-4-2-1-3-5-11/h1-10H,(H2,18,20,21,23). The average Bonchev–Trinajstić information content (AvgIpc) is 3.24. The largest absolute Gasteiger partial charge is 0.307 e. The molecule has 0 spiro atoms. The highest BCUT2D eigenvalue weighted by molar-refractivity contribution is 6.07. The molecule has 3 aromatic heterocycles. The second-order valence-corrected chi connectivity index (χ2v) is 4.91. The Balaban J connectivity index is 1.77. The predicted octanol–water partition coefficient (Wildman–Crippen LogP) is 2.37. The maximum absolute atomic E-state index is 12.4. The molecule has 0 fully saturated rings. The molecule has 0 aliphatic heterocycles. The van der Waals surface area contributed by atoms with Gasteiger partial charge in [-0.15, -0.1) is 0 Å². The molecule has 0 aliphatic rings. The highest BCUT2D eigenvalue weighted by Crippen LogP contribution is 2.21. The molecule has 4 aromatic rings. The molecule has 0 saturated carbocycles. The molecule has 0 saturated heterocycles. The molecule has 7 nitrogen and oxygen atoms in total. The van der Waals surface area contributed by atoms with E-state index in [0.29, 0.717) is 17.0 Å². The minimum atomic E-state index is -0.290. The first-order valence-electron chi connectivity index (χ1n) is 7.02. The summed E-state index contributed by atoms with van der Waals surface area (Å²) in [4.78, 5) is 16.7. The molecular formula is C16H12N6O. The summed E-state index contributed by atoms with van der Waals surface area (Å²) >= 11 is 0. The molecule has 112 valence electrons. The summed E-state index contributed by atoms with van der Waals surface area (Å²) in [6.45, 7) is 0. The van der Waals surface area contributed by atoms with Crippen molar-refractivity contribution in [3.05, 3.63) is 66.6 Å². The number of fused-ring (bicyclic) bond motifs is 1. The van der Waals surface area contributed by atoms with Crippen LogP contribution in [0.3, 0.4) is 0 Å². The second-order valence-electron chi connectivity index (χ2n) is 4.91. The lowest BCUT2D eigenvalue weighted by atomic mass is 10.1. The van der Waals surface area contributed by atoms with Crippen LogP contribution < -0.4 is 5.32 Å². The molecule has 0 bridgehead atoms. The third-order valence-corrected chi connectivity index (χ3v) is 3.46. The number of hydrogen-bond acceptors (Lipinski definition) is 4. The number of aromatic amines is 1. The smallest absolute Gasteiger partial charge is 0.262 e. The van der Waals surface area contributed by atoms with E-state index in [2.05, 4.69) is 25.6 Å². The van der Waals surface area contributed by atoms with Crippen LogP contribution in [0.2, 0.25) is 0 Å². The molecule has 3 heterocycles. The Labute approximate surface area is 131 Å². The number of rotatable bonds is 3. The van der Waals surface area contributed by atoms with Gasteiger partial charge in [0.15, 0.2) is 5.65 Å². The van der Waals surface area contributed by atoms with Crippen LogP contribution in [0.1, 0.15) is 10.4 Å². The molecule has 1 aromatic carbocycles. The minimum absolute atomic E-state index is 0.290.